The van der Waals surface area contributed by atoms with Crippen molar-refractivity contribution in [3.05, 3.63) is 106 Å². The Labute approximate surface area is 208 Å². The molecule has 0 aromatic heterocycles. The van der Waals surface area contributed by atoms with Crippen LogP contribution in [0.3, 0.4) is 0 Å². The number of rotatable bonds is 10. The summed E-state index contributed by atoms with van der Waals surface area (Å²) in [5, 5.41) is 2.76. The Morgan fingerprint density at radius 2 is 1.55 bits per heavy atom. The first-order valence-corrected chi connectivity index (χ1v) is 12.8. The monoisotopic (exact) mass is 524 g/mol. The lowest BCUT2D eigenvalue weighted by Crippen LogP contribution is -2.50. The molecule has 1 atom stereocenters. The lowest BCUT2D eigenvalue weighted by molar-refractivity contribution is -0.139. The number of aryl methyl sites for hydroxylation is 1. The molecule has 0 fully saturated rings. The van der Waals surface area contributed by atoms with E-state index in [-0.39, 0.29) is 11.8 Å². The molecular formula is C27H29BrN2O2S. The number of carbonyl (C=O) groups is 2. The van der Waals surface area contributed by atoms with E-state index < -0.39 is 6.04 Å². The summed E-state index contributed by atoms with van der Waals surface area (Å²) in [5.74, 6) is 0.862. The van der Waals surface area contributed by atoms with Crippen molar-refractivity contribution in [2.24, 2.45) is 0 Å². The highest BCUT2D eigenvalue weighted by Crippen LogP contribution is 2.19. The summed E-state index contributed by atoms with van der Waals surface area (Å²) >= 11 is 5.04. The molecule has 0 aliphatic heterocycles. The zero-order valence-corrected chi connectivity index (χ0v) is 21.4. The van der Waals surface area contributed by atoms with Crippen LogP contribution in [0.2, 0.25) is 0 Å². The normalized spacial score (nSPS) is 11.6. The van der Waals surface area contributed by atoms with E-state index in [2.05, 4.69) is 52.4 Å². The van der Waals surface area contributed by atoms with E-state index >= 15 is 0 Å². The molecule has 0 spiro atoms. The number of halogens is 1. The van der Waals surface area contributed by atoms with Crippen molar-refractivity contribution in [1.82, 2.24) is 10.2 Å². The van der Waals surface area contributed by atoms with Gasteiger partial charge in [0.25, 0.3) is 0 Å². The molecular weight excluding hydrogens is 496 g/mol. The molecule has 3 rings (SSSR count). The van der Waals surface area contributed by atoms with Crippen LogP contribution in [0.25, 0.3) is 0 Å². The second-order valence-corrected chi connectivity index (χ2v) is 9.85. The first-order valence-electron chi connectivity index (χ1n) is 10.9. The second kappa shape index (κ2) is 12.6. The number of benzene rings is 3. The maximum Gasteiger partial charge on any atom is 0.242 e. The zero-order valence-electron chi connectivity index (χ0n) is 19.0. The molecule has 4 nitrogen and oxygen atoms in total. The predicted octanol–water partition coefficient (Wildman–Crippen LogP) is 5.38. The maximum atomic E-state index is 13.4. The third kappa shape index (κ3) is 7.76. The van der Waals surface area contributed by atoms with Crippen LogP contribution >= 0.6 is 27.7 Å². The fourth-order valence-electron chi connectivity index (χ4n) is 3.53. The van der Waals surface area contributed by atoms with Gasteiger partial charge in [0.15, 0.2) is 0 Å². The van der Waals surface area contributed by atoms with E-state index in [1.165, 1.54) is 11.1 Å². The average molecular weight is 526 g/mol. The fraction of sp³-hybridized carbons (Fsp3) is 0.259. The van der Waals surface area contributed by atoms with Crippen molar-refractivity contribution in [1.29, 1.82) is 0 Å². The lowest BCUT2D eigenvalue weighted by atomic mass is 10.0. The molecule has 0 bridgehead atoms. The number of amides is 2. The molecule has 1 N–H and O–H groups in total. The van der Waals surface area contributed by atoms with Crippen molar-refractivity contribution in [3.63, 3.8) is 0 Å². The maximum absolute atomic E-state index is 13.4. The molecule has 172 valence electrons. The number of nitrogens with one attached hydrogen (secondary N) is 1. The van der Waals surface area contributed by atoms with Gasteiger partial charge in [-0.05, 0) is 35.7 Å². The van der Waals surface area contributed by atoms with Crippen LogP contribution in [-0.4, -0.2) is 35.6 Å². The molecule has 33 heavy (non-hydrogen) atoms. The Kier molecular flexibility index (Phi) is 9.58. The van der Waals surface area contributed by atoms with Gasteiger partial charge in [-0.3, -0.25) is 9.59 Å². The number of nitrogens with zero attached hydrogens (tertiary/aromatic N) is 1. The molecule has 3 aromatic carbocycles. The molecule has 0 aliphatic carbocycles. The summed E-state index contributed by atoms with van der Waals surface area (Å²) in [6.45, 7) is 2.44. The van der Waals surface area contributed by atoms with Gasteiger partial charge >= 0.3 is 0 Å². The summed E-state index contributed by atoms with van der Waals surface area (Å²) in [4.78, 5) is 28.1. The Morgan fingerprint density at radius 1 is 0.909 bits per heavy atom. The summed E-state index contributed by atoms with van der Waals surface area (Å²) in [5.41, 5.74) is 4.41. The van der Waals surface area contributed by atoms with E-state index in [0.29, 0.717) is 18.7 Å². The van der Waals surface area contributed by atoms with Gasteiger partial charge < -0.3 is 10.2 Å². The molecule has 6 heteroatoms. The molecule has 0 saturated heterocycles. The smallest absolute Gasteiger partial charge is 0.242 e. The topological polar surface area (TPSA) is 49.4 Å². The highest BCUT2D eigenvalue weighted by molar-refractivity contribution is 9.10. The average Bonchev–Trinajstić information content (AvgIpc) is 2.83. The first kappa shape index (κ1) is 25.1. The SMILES string of the molecule is CNC(=O)[C@H](Cc1ccccc1)N(Cc1ccc(Br)cc1)C(=O)CSCc1ccc(C)cc1. The van der Waals surface area contributed by atoms with Crippen LogP contribution in [-0.2, 0) is 28.3 Å². The van der Waals surface area contributed by atoms with Crippen molar-refractivity contribution < 1.29 is 9.59 Å². The van der Waals surface area contributed by atoms with Gasteiger partial charge in [0.05, 0.1) is 5.75 Å². The minimum atomic E-state index is -0.589. The van der Waals surface area contributed by atoms with Crippen LogP contribution in [0.4, 0.5) is 0 Å². The Bertz CT molecular complexity index is 1040. The number of hydrogen-bond donors (Lipinski definition) is 1. The Morgan fingerprint density at radius 3 is 2.18 bits per heavy atom. The highest BCUT2D eigenvalue weighted by Gasteiger charge is 2.29. The first-order chi connectivity index (χ1) is 16.0. The second-order valence-electron chi connectivity index (χ2n) is 7.95. The zero-order chi connectivity index (χ0) is 23.6. The fourth-order valence-corrected chi connectivity index (χ4v) is 4.67. The quantitative estimate of drug-likeness (QED) is 0.387. The largest absolute Gasteiger partial charge is 0.357 e. The lowest BCUT2D eigenvalue weighted by Gasteiger charge is -2.31. The van der Waals surface area contributed by atoms with Gasteiger partial charge in [0.2, 0.25) is 11.8 Å². The van der Waals surface area contributed by atoms with Crippen LogP contribution in [0, 0.1) is 6.92 Å². The van der Waals surface area contributed by atoms with Crippen molar-refractivity contribution in [3.8, 4) is 0 Å². The third-order valence-electron chi connectivity index (χ3n) is 5.40. The van der Waals surface area contributed by atoms with Gasteiger partial charge in [0.1, 0.15) is 6.04 Å². The van der Waals surface area contributed by atoms with Gasteiger partial charge in [-0.1, -0.05) is 88.2 Å². The van der Waals surface area contributed by atoms with E-state index in [1.807, 2.05) is 54.6 Å². The molecule has 0 unspecified atom stereocenters. The number of carbonyl (C=O) groups excluding carboxylic acids is 2. The summed E-state index contributed by atoms with van der Waals surface area (Å²) in [7, 11) is 1.62. The summed E-state index contributed by atoms with van der Waals surface area (Å²) < 4.78 is 0.977. The third-order valence-corrected chi connectivity index (χ3v) is 6.92. The number of hydrogen-bond acceptors (Lipinski definition) is 3. The van der Waals surface area contributed by atoms with Gasteiger partial charge in [-0.15, -0.1) is 11.8 Å². The van der Waals surface area contributed by atoms with Crippen molar-refractivity contribution in [2.75, 3.05) is 12.8 Å². The van der Waals surface area contributed by atoms with E-state index in [9.17, 15) is 9.59 Å². The van der Waals surface area contributed by atoms with Gasteiger partial charge in [-0.2, -0.15) is 0 Å². The van der Waals surface area contributed by atoms with Crippen LogP contribution in [0.1, 0.15) is 22.3 Å². The Balaban J connectivity index is 1.79. The van der Waals surface area contributed by atoms with E-state index in [4.69, 9.17) is 0 Å². The van der Waals surface area contributed by atoms with Crippen LogP contribution in [0.15, 0.2) is 83.3 Å². The Hall–Kier alpha value is -2.57. The summed E-state index contributed by atoms with van der Waals surface area (Å²) in [6, 6.07) is 25.5. The molecule has 0 heterocycles. The molecule has 0 saturated carbocycles. The minimum Gasteiger partial charge on any atom is -0.357 e. The molecule has 0 aliphatic rings. The number of thioether (sulfide) groups is 1. The van der Waals surface area contributed by atoms with Crippen LogP contribution < -0.4 is 5.32 Å². The standard InChI is InChI=1S/C27H29BrN2O2S/c1-20-8-10-23(11-9-20)18-33-19-26(31)30(17-22-12-14-24(28)15-13-22)25(27(32)29-2)16-21-6-4-3-5-7-21/h3-15,25H,16-19H2,1-2H3,(H,29,32)/t25-/m0/s1. The molecule has 0 radical (unpaired) electrons. The van der Waals surface area contributed by atoms with E-state index in [1.54, 1.807) is 23.7 Å². The van der Waals surface area contributed by atoms with Crippen LogP contribution in [0.5, 0.6) is 0 Å². The minimum absolute atomic E-state index is 0.0421. The van der Waals surface area contributed by atoms with Gasteiger partial charge in [-0.25, -0.2) is 0 Å². The molecule has 2 amide bonds. The number of likely N-dealkylation sites (N-methyl/N-ethyl adjacent to an activating group) is 1. The van der Waals surface area contributed by atoms with E-state index in [0.717, 1.165) is 21.4 Å². The summed E-state index contributed by atoms with van der Waals surface area (Å²) in [6.07, 6.45) is 0.464. The molecule has 3 aromatic rings. The van der Waals surface area contributed by atoms with Gasteiger partial charge in [0, 0.05) is 30.2 Å². The highest BCUT2D eigenvalue weighted by atomic mass is 79.9. The van der Waals surface area contributed by atoms with Crippen molar-refractivity contribution >= 4 is 39.5 Å². The van der Waals surface area contributed by atoms with Crippen molar-refractivity contribution in [2.45, 2.75) is 31.7 Å². The predicted molar refractivity (Wildman–Crippen MR) is 140 cm³/mol.